The van der Waals surface area contributed by atoms with E-state index >= 15 is 0 Å². The molecular weight excluding hydrogens is 270 g/mol. The minimum absolute atomic E-state index is 0.119. The van der Waals surface area contributed by atoms with Crippen LogP contribution in [0.25, 0.3) is 5.69 Å². The van der Waals surface area contributed by atoms with Crippen molar-refractivity contribution in [2.75, 3.05) is 13.2 Å². The Labute approximate surface area is 122 Å². The number of ether oxygens (including phenoxy) is 2. The van der Waals surface area contributed by atoms with Crippen LogP contribution < -0.4 is 4.74 Å². The van der Waals surface area contributed by atoms with Crippen molar-refractivity contribution in [1.82, 2.24) is 15.0 Å². The molecule has 1 aliphatic rings. The zero-order valence-corrected chi connectivity index (χ0v) is 11.9. The molecule has 1 aromatic heterocycles. The zero-order chi connectivity index (χ0) is 14.7. The molecule has 0 radical (unpaired) electrons. The fraction of sp³-hybridized carbons (Fsp3) is 0.400. The minimum atomic E-state index is -0.119. The van der Waals surface area contributed by atoms with Gasteiger partial charge in [0.25, 0.3) is 0 Å². The standard InChI is InChI=1S/C15H17N3O3/c1-2-20-12-7-5-11(6-8-12)18-15(13(10-19)16-17-18)14-4-3-9-21-14/h5-8,10,14H,2-4,9H2,1H3. The summed E-state index contributed by atoms with van der Waals surface area (Å²) in [4.78, 5) is 11.2. The molecule has 3 rings (SSSR count). The third-order valence-electron chi connectivity index (χ3n) is 3.47. The normalized spacial score (nSPS) is 17.9. The van der Waals surface area contributed by atoms with Crippen LogP contribution in [0.4, 0.5) is 0 Å². The minimum Gasteiger partial charge on any atom is -0.494 e. The topological polar surface area (TPSA) is 66.2 Å². The smallest absolute Gasteiger partial charge is 0.172 e. The molecule has 0 aliphatic carbocycles. The van der Waals surface area contributed by atoms with Crippen LogP contribution in [0.15, 0.2) is 24.3 Å². The van der Waals surface area contributed by atoms with E-state index in [-0.39, 0.29) is 6.10 Å². The van der Waals surface area contributed by atoms with Crippen LogP contribution in [0.5, 0.6) is 5.75 Å². The summed E-state index contributed by atoms with van der Waals surface area (Å²) in [5.74, 6) is 0.802. The number of benzene rings is 1. The predicted octanol–water partition coefficient (Wildman–Crippen LogP) is 2.33. The molecule has 0 bridgehead atoms. The molecule has 2 aromatic rings. The van der Waals surface area contributed by atoms with Gasteiger partial charge in [0.05, 0.1) is 12.3 Å². The van der Waals surface area contributed by atoms with E-state index in [1.54, 1.807) is 4.68 Å². The molecule has 1 aliphatic heterocycles. The van der Waals surface area contributed by atoms with Gasteiger partial charge in [0.2, 0.25) is 0 Å². The van der Waals surface area contributed by atoms with Crippen LogP contribution in [-0.4, -0.2) is 34.5 Å². The van der Waals surface area contributed by atoms with Crippen molar-refractivity contribution < 1.29 is 14.3 Å². The number of hydrogen-bond acceptors (Lipinski definition) is 5. The molecule has 1 aromatic carbocycles. The maximum absolute atomic E-state index is 11.2. The van der Waals surface area contributed by atoms with E-state index in [4.69, 9.17) is 9.47 Å². The Kier molecular flexibility index (Phi) is 3.96. The molecule has 6 nitrogen and oxygen atoms in total. The van der Waals surface area contributed by atoms with Crippen LogP contribution in [0.1, 0.15) is 42.1 Å². The molecule has 1 atom stereocenters. The summed E-state index contributed by atoms with van der Waals surface area (Å²) in [5, 5.41) is 8.04. The molecule has 0 N–H and O–H groups in total. The van der Waals surface area contributed by atoms with Gasteiger partial charge in [0.1, 0.15) is 17.5 Å². The zero-order valence-electron chi connectivity index (χ0n) is 11.9. The first-order valence-electron chi connectivity index (χ1n) is 7.09. The molecule has 0 amide bonds. The average molecular weight is 287 g/mol. The Balaban J connectivity index is 1.97. The van der Waals surface area contributed by atoms with E-state index in [0.29, 0.717) is 18.9 Å². The maximum atomic E-state index is 11.2. The van der Waals surface area contributed by atoms with Crippen molar-refractivity contribution in [2.45, 2.75) is 25.9 Å². The molecule has 1 fully saturated rings. The summed E-state index contributed by atoms with van der Waals surface area (Å²) in [6, 6.07) is 7.54. The molecule has 21 heavy (non-hydrogen) atoms. The molecular formula is C15H17N3O3. The van der Waals surface area contributed by atoms with Gasteiger partial charge < -0.3 is 9.47 Å². The van der Waals surface area contributed by atoms with Gasteiger partial charge in [-0.3, -0.25) is 4.79 Å². The van der Waals surface area contributed by atoms with Crippen LogP contribution in [0, 0.1) is 0 Å². The molecule has 6 heteroatoms. The lowest BCUT2D eigenvalue weighted by atomic mass is 10.1. The Morgan fingerprint density at radius 1 is 1.43 bits per heavy atom. The first kappa shape index (κ1) is 13.8. The van der Waals surface area contributed by atoms with E-state index < -0.39 is 0 Å². The second kappa shape index (κ2) is 6.05. The third-order valence-corrected chi connectivity index (χ3v) is 3.47. The first-order valence-corrected chi connectivity index (χ1v) is 7.09. The summed E-state index contributed by atoms with van der Waals surface area (Å²) < 4.78 is 12.8. The lowest BCUT2D eigenvalue weighted by Gasteiger charge is -2.12. The van der Waals surface area contributed by atoms with Crippen molar-refractivity contribution in [3.8, 4) is 11.4 Å². The lowest BCUT2D eigenvalue weighted by molar-refractivity contribution is 0.102. The summed E-state index contributed by atoms with van der Waals surface area (Å²) in [6.45, 7) is 3.27. The molecule has 1 unspecified atom stereocenters. The fourth-order valence-electron chi connectivity index (χ4n) is 2.52. The van der Waals surface area contributed by atoms with Gasteiger partial charge in [0, 0.05) is 6.61 Å². The van der Waals surface area contributed by atoms with Crippen LogP contribution >= 0.6 is 0 Å². The highest BCUT2D eigenvalue weighted by Gasteiger charge is 2.27. The third kappa shape index (κ3) is 2.67. The molecule has 0 saturated carbocycles. The van der Waals surface area contributed by atoms with Crippen LogP contribution in [-0.2, 0) is 4.74 Å². The second-order valence-corrected chi connectivity index (χ2v) is 4.82. The maximum Gasteiger partial charge on any atom is 0.172 e. The Bertz CT molecular complexity index is 616. The Hall–Kier alpha value is -2.21. The van der Waals surface area contributed by atoms with E-state index in [1.165, 1.54) is 0 Å². The highest BCUT2D eigenvalue weighted by Crippen LogP contribution is 2.31. The molecule has 0 spiro atoms. The van der Waals surface area contributed by atoms with E-state index in [9.17, 15) is 4.79 Å². The van der Waals surface area contributed by atoms with Crippen molar-refractivity contribution in [1.29, 1.82) is 0 Å². The lowest BCUT2D eigenvalue weighted by Crippen LogP contribution is -2.09. The average Bonchev–Trinajstić information content (AvgIpc) is 3.17. The largest absolute Gasteiger partial charge is 0.494 e. The predicted molar refractivity (Wildman–Crippen MR) is 75.8 cm³/mol. The van der Waals surface area contributed by atoms with Crippen LogP contribution in [0.3, 0.4) is 0 Å². The Morgan fingerprint density at radius 3 is 2.86 bits per heavy atom. The molecule has 1 saturated heterocycles. The Morgan fingerprint density at radius 2 is 2.24 bits per heavy atom. The van der Waals surface area contributed by atoms with Gasteiger partial charge in [-0.05, 0) is 44.0 Å². The van der Waals surface area contributed by atoms with Gasteiger partial charge in [-0.1, -0.05) is 5.21 Å². The summed E-state index contributed by atoms with van der Waals surface area (Å²) in [7, 11) is 0. The number of aromatic nitrogens is 3. The van der Waals surface area contributed by atoms with Crippen molar-refractivity contribution in [3.63, 3.8) is 0 Å². The molecule has 2 heterocycles. The fourth-order valence-corrected chi connectivity index (χ4v) is 2.52. The van der Waals surface area contributed by atoms with Gasteiger partial charge in [-0.15, -0.1) is 5.10 Å². The summed E-state index contributed by atoms with van der Waals surface area (Å²) >= 11 is 0. The summed E-state index contributed by atoms with van der Waals surface area (Å²) in [5.41, 5.74) is 1.91. The van der Waals surface area contributed by atoms with Crippen molar-refractivity contribution in [3.05, 3.63) is 35.7 Å². The molecule has 110 valence electrons. The number of carbonyl (C=O) groups excluding carboxylic acids is 1. The van der Waals surface area contributed by atoms with E-state index in [0.717, 1.165) is 36.3 Å². The quantitative estimate of drug-likeness (QED) is 0.790. The van der Waals surface area contributed by atoms with E-state index in [2.05, 4.69) is 10.3 Å². The number of carbonyl (C=O) groups is 1. The van der Waals surface area contributed by atoms with Gasteiger partial charge in [0.15, 0.2) is 12.0 Å². The number of nitrogens with zero attached hydrogens (tertiary/aromatic N) is 3. The number of hydrogen-bond donors (Lipinski definition) is 0. The summed E-state index contributed by atoms with van der Waals surface area (Å²) in [6.07, 6.45) is 2.48. The van der Waals surface area contributed by atoms with Crippen molar-refractivity contribution in [2.24, 2.45) is 0 Å². The highest BCUT2D eigenvalue weighted by molar-refractivity contribution is 5.73. The van der Waals surface area contributed by atoms with Crippen molar-refractivity contribution >= 4 is 6.29 Å². The van der Waals surface area contributed by atoms with Crippen LogP contribution in [0.2, 0.25) is 0 Å². The van der Waals surface area contributed by atoms with Gasteiger partial charge in [-0.2, -0.15) is 0 Å². The number of rotatable bonds is 5. The monoisotopic (exact) mass is 287 g/mol. The van der Waals surface area contributed by atoms with Gasteiger partial charge >= 0.3 is 0 Å². The SMILES string of the molecule is CCOc1ccc(-n2nnc(C=O)c2C2CCCO2)cc1. The second-order valence-electron chi connectivity index (χ2n) is 4.82. The first-order chi connectivity index (χ1) is 10.3. The number of aldehydes is 1. The van der Waals surface area contributed by atoms with Gasteiger partial charge in [-0.25, -0.2) is 4.68 Å². The highest BCUT2D eigenvalue weighted by atomic mass is 16.5. The van der Waals surface area contributed by atoms with E-state index in [1.807, 2.05) is 31.2 Å².